The molecule has 0 aromatic heterocycles. The van der Waals surface area contributed by atoms with Crippen LogP contribution in [0.5, 0.6) is 0 Å². The molecule has 7 nitrogen and oxygen atoms in total. The Morgan fingerprint density at radius 2 is 1.48 bits per heavy atom. The van der Waals surface area contributed by atoms with Crippen LogP contribution >= 0.6 is 0 Å². The Kier molecular flexibility index (Phi) is 10.5. The Morgan fingerprint density at radius 1 is 0.848 bits per heavy atom. The zero-order chi connectivity index (χ0) is 32.7. The van der Waals surface area contributed by atoms with E-state index < -0.39 is 34.3 Å². The number of anilines is 1. The molecule has 0 radical (unpaired) electrons. The van der Waals surface area contributed by atoms with Crippen molar-refractivity contribution in [1.82, 2.24) is 10.2 Å². The lowest BCUT2D eigenvalue weighted by atomic mass is 10.0. The highest BCUT2D eigenvalue weighted by atomic mass is 32.2. The third-order valence-corrected chi connectivity index (χ3v) is 10.5. The van der Waals surface area contributed by atoms with Gasteiger partial charge in [-0.2, -0.15) is 0 Å². The number of halogens is 1. The predicted octanol–water partition coefficient (Wildman–Crippen LogP) is 6.34. The van der Waals surface area contributed by atoms with Gasteiger partial charge in [0.15, 0.2) is 0 Å². The van der Waals surface area contributed by atoms with Crippen molar-refractivity contribution in [3.05, 3.63) is 131 Å². The van der Waals surface area contributed by atoms with E-state index in [-0.39, 0.29) is 35.4 Å². The summed E-state index contributed by atoms with van der Waals surface area (Å²) >= 11 is 0. The predicted molar refractivity (Wildman–Crippen MR) is 178 cm³/mol. The average Bonchev–Trinajstić information content (AvgIpc) is 3.57. The van der Waals surface area contributed by atoms with Crippen molar-refractivity contribution in [2.24, 2.45) is 0 Å². The molecule has 9 heteroatoms. The number of hydrogen-bond acceptors (Lipinski definition) is 4. The first-order valence-corrected chi connectivity index (χ1v) is 17.1. The van der Waals surface area contributed by atoms with Crippen molar-refractivity contribution in [3.8, 4) is 0 Å². The molecule has 0 spiro atoms. The number of hydrogen-bond donors (Lipinski definition) is 1. The van der Waals surface area contributed by atoms with Gasteiger partial charge in [0.25, 0.3) is 10.0 Å². The third kappa shape index (κ3) is 7.65. The van der Waals surface area contributed by atoms with Crippen molar-refractivity contribution < 1.29 is 22.4 Å². The number of carbonyl (C=O) groups is 2. The van der Waals surface area contributed by atoms with E-state index in [1.807, 2.05) is 50.2 Å². The number of sulfonamides is 1. The molecule has 240 valence electrons. The van der Waals surface area contributed by atoms with Gasteiger partial charge in [-0.1, -0.05) is 91.7 Å². The second-order valence-electron chi connectivity index (χ2n) is 11.9. The fourth-order valence-corrected chi connectivity index (χ4v) is 7.46. The van der Waals surface area contributed by atoms with Gasteiger partial charge in [-0.05, 0) is 67.6 Å². The van der Waals surface area contributed by atoms with Gasteiger partial charge in [-0.15, -0.1) is 0 Å². The van der Waals surface area contributed by atoms with Crippen LogP contribution in [0.25, 0.3) is 0 Å². The second-order valence-corrected chi connectivity index (χ2v) is 13.7. The highest BCUT2D eigenvalue weighted by Gasteiger charge is 2.36. The van der Waals surface area contributed by atoms with Crippen LogP contribution in [0.4, 0.5) is 10.1 Å². The van der Waals surface area contributed by atoms with Gasteiger partial charge in [0, 0.05) is 24.6 Å². The van der Waals surface area contributed by atoms with Crippen LogP contribution in [0.2, 0.25) is 0 Å². The van der Waals surface area contributed by atoms with Crippen LogP contribution < -0.4 is 9.62 Å². The van der Waals surface area contributed by atoms with Gasteiger partial charge in [0.05, 0.1) is 10.6 Å². The Morgan fingerprint density at radius 3 is 2.15 bits per heavy atom. The highest BCUT2D eigenvalue weighted by Crippen LogP contribution is 2.29. The zero-order valence-corrected chi connectivity index (χ0v) is 27.0. The number of nitrogens with zero attached hydrogens (tertiary/aromatic N) is 2. The fourth-order valence-electron chi connectivity index (χ4n) is 5.97. The number of amides is 2. The van der Waals surface area contributed by atoms with E-state index in [1.54, 1.807) is 48.5 Å². The van der Waals surface area contributed by atoms with E-state index in [1.165, 1.54) is 23.1 Å². The van der Waals surface area contributed by atoms with Crippen molar-refractivity contribution in [1.29, 1.82) is 0 Å². The second kappa shape index (κ2) is 14.7. The van der Waals surface area contributed by atoms with Crippen molar-refractivity contribution >= 4 is 27.5 Å². The van der Waals surface area contributed by atoms with Crippen LogP contribution in [0.3, 0.4) is 0 Å². The molecule has 2 amide bonds. The van der Waals surface area contributed by atoms with E-state index in [2.05, 4.69) is 5.32 Å². The summed E-state index contributed by atoms with van der Waals surface area (Å²) in [5.41, 5.74) is 2.98. The normalized spacial score (nSPS) is 14.1. The average molecular weight is 642 g/mol. The molecule has 0 heterocycles. The lowest BCUT2D eigenvalue weighted by Gasteiger charge is -2.34. The number of nitrogens with one attached hydrogen (secondary N) is 1. The first-order chi connectivity index (χ1) is 22.1. The quantitative estimate of drug-likeness (QED) is 0.196. The molecule has 1 saturated carbocycles. The molecule has 5 rings (SSSR count). The summed E-state index contributed by atoms with van der Waals surface area (Å²) in [7, 11) is -4.22. The molecule has 0 saturated heterocycles. The topological polar surface area (TPSA) is 86.8 Å². The third-order valence-electron chi connectivity index (χ3n) is 8.73. The van der Waals surface area contributed by atoms with E-state index in [0.29, 0.717) is 11.3 Å². The molecule has 1 fully saturated rings. The molecule has 1 aliphatic carbocycles. The summed E-state index contributed by atoms with van der Waals surface area (Å²) in [6.45, 7) is 2.89. The van der Waals surface area contributed by atoms with E-state index in [4.69, 9.17) is 0 Å². The summed E-state index contributed by atoms with van der Waals surface area (Å²) in [6.07, 6.45) is 3.89. The molecule has 0 bridgehead atoms. The van der Waals surface area contributed by atoms with Crippen LogP contribution in [-0.4, -0.2) is 43.8 Å². The summed E-state index contributed by atoms with van der Waals surface area (Å²) < 4.78 is 44.6. The van der Waals surface area contributed by atoms with Crippen LogP contribution in [0.15, 0.2) is 108 Å². The van der Waals surface area contributed by atoms with E-state index >= 15 is 4.39 Å². The fraction of sp³-hybridized carbons (Fsp3) is 0.297. The summed E-state index contributed by atoms with van der Waals surface area (Å²) in [5.74, 6) is -1.48. The smallest absolute Gasteiger partial charge is 0.264 e. The molecule has 1 aliphatic rings. The highest BCUT2D eigenvalue weighted by molar-refractivity contribution is 7.92. The number of rotatable bonds is 12. The van der Waals surface area contributed by atoms with E-state index in [9.17, 15) is 18.0 Å². The molecular weight excluding hydrogens is 601 g/mol. The number of carbonyl (C=O) groups excluding carboxylic acids is 2. The lowest BCUT2D eigenvalue weighted by Crippen LogP contribution is -2.54. The molecular formula is C37H40FN3O4S. The SMILES string of the molecule is Cc1cccc(N(CC(=O)N(Cc2ccccc2F)[C@@H](Cc2ccccc2)C(=O)NC2CCCC2)S(=O)(=O)c2ccccc2)c1C. The number of benzene rings is 4. The van der Waals surface area contributed by atoms with Crippen molar-refractivity contribution in [3.63, 3.8) is 0 Å². The van der Waals surface area contributed by atoms with Gasteiger partial charge in [-0.25, -0.2) is 12.8 Å². The minimum absolute atomic E-state index is 0.0129. The number of aryl methyl sites for hydroxylation is 1. The molecule has 1 atom stereocenters. The molecule has 4 aromatic carbocycles. The standard InChI is InChI=1S/C37H40FN3O4S/c1-27-14-13-23-34(28(27)2)41(46(44,45)32-20-7-4-8-21-32)26-36(42)40(25-30-17-9-12-22-33(30)38)35(24-29-15-5-3-6-16-29)37(43)39-31-18-10-11-19-31/h3-9,12-17,20-23,31,35H,10-11,18-19,24-26H2,1-2H3,(H,39,43)/t35-/m0/s1. The lowest BCUT2D eigenvalue weighted by molar-refractivity contribution is -0.140. The Labute approximate surface area is 271 Å². The zero-order valence-electron chi connectivity index (χ0n) is 26.2. The Bertz CT molecular complexity index is 1760. The molecule has 1 N–H and O–H groups in total. The molecule has 4 aromatic rings. The Balaban J connectivity index is 1.59. The summed E-state index contributed by atoms with van der Waals surface area (Å²) in [5, 5.41) is 3.13. The van der Waals surface area contributed by atoms with Gasteiger partial charge < -0.3 is 10.2 Å². The first kappa shape index (κ1) is 32.9. The van der Waals surface area contributed by atoms with Crippen molar-refractivity contribution in [2.45, 2.75) is 69.5 Å². The molecule has 46 heavy (non-hydrogen) atoms. The minimum Gasteiger partial charge on any atom is -0.352 e. The van der Waals surface area contributed by atoms with Crippen LogP contribution in [-0.2, 0) is 32.6 Å². The maximum Gasteiger partial charge on any atom is 0.264 e. The van der Waals surface area contributed by atoms with Gasteiger partial charge in [-0.3, -0.25) is 13.9 Å². The van der Waals surface area contributed by atoms with Gasteiger partial charge >= 0.3 is 0 Å². The summed E-state index contributed by atoms with van der Waals surface area (Å²) in [4.78, 5) is 30.0. The maximum absolute atomic E-state index is 15.1. The van der Waals surface area contributed by atoms with Gasteiger partial charge in [0.2, 0.25) is 11.8 Å². The van der Waals surface area contributed by atoms with Crippen LogP contribution in [0, 0.1) is 19.7 Å². The van der Waals surface area contributed by atoms with E-state index in [0.717, 1.165) is 41.1 Å². The van der Waals surface area contributed by atoms with Gasteiger partial charge in [0.1, 0.15) is 18.4 Å². The first-order valence-electron chi connectivity index (χ1n) is 15.7. The maximum atomic E-state index is 15.1. The molecule has 0 aliphatic heterocycles. The minimum atomic E-state index is -4.22. The Hall–Kier alpha value is -4.50. The summed E-state index contributed by atoms with van der Waals surface area (Å²) in [6, 6.07) is 27.7. The largest absolute Gasteiger partial charge is 0.352 e. The van der Waals surface area contributed by atoms with Crippen molar-refractivity contribution in [2.75, 3.05) is 10.8 Å². The monoisotopic (exact) mass is 641 g/mol. The molecule has 0 unspecified atom stereocenters. The van der Waals surface area contributed by atoms with Crippen LogP contribution in [0.1, 0.15) is 47.9 Å².